The second kappa shape index (κ2) is 6.49. The minimum atomic E-state index is 0.786. The van der Waals surface area contributed by atoms with Crippen LogP contribution in [0.4, 0.5) is 0 Å². The van der Waals surface area contributed by atoms with E-state index in [1.54, 1.807) is 12.4 Å². The highest BCUT2D eigenvalue weighted by Crippen LogP contribution is 2.22. The van der Waals surface area contributed by atoms with Crippen LogP contribution in [-0.2, 0) is 19.5 Å². The van der Waals surface area contributed by atoms with Crippen LogP contribution in [-0.4, -0.2) is 26.4 Å². The minimum absolute atomic E-state index is 0.786. The summed E-state index contributed by atoms with van der Waals surface area (Å²) in [5, 5.41) is 0. The van der Waals surface area contributed by atoms with E-state index in [-0.39, 0.29) is 0 Å². The van der Waals surface area contributed by atoms with Crippen LogP contribution in [0.1, 0.15) is 22.4 Å². The second-order valence-corrected chi connectivity index (χ2v) is 6.29. The van der Waals surface area contributed by atoms with Crippen molar-refractivity contribution in [2.75, 3.05) is 6.54 Å². The number of pyridine rings is 1. The topological polar surface area (TPSA) is 41.9 Å². The molecule has 0 saturated carbocycles. The zero-order valence-electron chi connectivity index (χ0n) is 13.8. The van der Waals surface area contributed by atoms with Crippen molar-refractivity contribution in [1.82, 2.24) is 19.9 Å². The molecule has 4 rings (SSSR count). The first kappa shape index (κ1) is 15.0. The van der Waals surface area contributed by atoms with Gasteiger partial charge in [0, 0.05) is 43.8 Å². The van der Waals surface area contributed by atoms with Crippen molar-refractivity contribution >= 4 is 0 Å². The normalized spacial score (nSPS) is 14.4. The van der Waals surface area contributed by atoms with E-state index < -0.39 is 0 Å². The summed E-state index contributed by atoms with van der Waals surface area (Å²) >= 11 is 0. The summed E-state index contributed by atoms with van der Waals surface area (Å²) in [6, 6.07) is 12.5. The van der Waals surface area contributed by atoms with Gasteiger partial charge in [-0.05, 0) is 42.2 Å². The van der Waals surface area contributed by atoms with Gasteiger partial charge < -0.3 is 0 Å². The summed E-state index contributed by atoms with van der Waals surface area (Å²) < 4.78 is 0. The first-order chi connectivity index (χ1) is 11.8. The van der Waals surface area contributed by atoms with E-state index in [0.29, 0.717) is 0 Å². The van der Waals surface area contributed by atoms with Crippen LogP contribution in [0, 0.1) is 6.92 Å². The Kier molecular flexibility index (Phi) is 4.05. The first-order valence-electron chi connectivity index (χ1n) is 8.31. The van der Waals surface area contributed by atoms with Crippen LogP contribution < -0.4 is 0 Å². The van der Waals surface area contributed by atoms with E-state index in [1.165, 1.54) is 16.7 Å². The van der Waals surface area contributed by atoms with Gasteiger partial charge in [-0.1, -0.05) is 24.3 Å². The van der Waals surface area contributed by atoms with Gasteiger partial charge in [-0.25, -0.2) is 9.97 Å². The van der Waals surface area contributed by atoms with E-state index in [1.807, 2.05) is 18.3 Å². The molecule has 24 heavy (non-hydrogen) atoms. The standard InChI is InChI=1S/C20H20N4/c1-15-4-2-3-5-18(15)13-24-11-8-17-12-22-20(23-19(17)14-24)16-6-9-21-10-7-16/h2-7,9-10,12H,8,11,13-14H2,1H3. The summed E-state index contributed by atoms with van der Waals surface area (Å²) in [7, 11) is 0. The summed E-state index contributed by atoms with van der Waals surface area (Å²) in [6.07, 6.45) is 6.56. The Balaban J connectivity index is 1.57. The third kappa shape index (κ3) is 3.05. The molecule has 0 amide bonds. The molecule has 4 heteroatoms. The van der Waals surface area contributed by atoms with Gasteiger partial charge in [-0.3, -0.25) is 9.88 Å². The van der Waals surface area contributed by atoms with Gasteiger partial charge in [-0.15, -0.1) is 0 Å². The lowest BCUT2D eigenvalue weighted by atomic mass is 10.0. The van der Waals surface area contributed by atoms with E-state index >= 15 is 0 Å². The number of nitrogens with zero attached hydrogens (tertiary/aromatic N) is 4. The maximum Gasteiger partial charge on any atom is 0.159 e. The Morgan fingerprint density at radius 3 is 2.75 bits per heavy atom. The molecule has 4 nitrogen and oxygen atoms in total. The number of rotatable bonds is 3. The monoisotopic (exact) mass is 316 g/mol. The van der Waals surface area contributed by atoms with Crippen molar-refractivity contribution in [2.24, 2.45) is 0 Å². The molecule has 1 aliphatic heterocycles. The van der Waals surface area contributed by atoms with E-state index in [9.17, 15) is 0 Å². The quantitative estimate of drug-likeness (QED) is 0.742. The zero-order chi connectivity index (χ0) is 16.4. The van der Waals surface area contributed by atoms with Crippen LogP contribution in [0.2, 0.25) is 0 Å². The van der Waals surface area contributed by atoms with E-state index in [2.05, 4.69) is 46.1 Å². The van der Waals surface area contributed by atoms with Gasteiger partial charge >= 0.3 is 0 Å². The lowest BCUT2D eigenvalue weighted by Gasteiger charge is -2.28. The van der Waals surface area contributed by atoms with Crippen LogP contribution >= 0.6 is 0 Å². The average Bonchev–Trinajstić information content (AvgIpc) is 2.64. The molecular weight excluding hydrogens is 296 g/mol. The van der Waals surface area contributed by atoms with Crippen molar-refractivity contribution in [3.63, 3.8) is 0 Å². The van der Waals surface area contributed by atoms with Gasteiger partial charge in [0.25, 0.3) is 0 Å². The fraction of sp³-hybridized carbons (Fsp3) is 0.250. The molecule has 1 aromatic carbocycles. The lowest BCUT2D eigenvalue weighted by molar-refractivity contribution is 0.241. The van der Waals surface area contributed by atoms with Crippen LogP contribution in [0.5, 0.6) is 0 Å². The van der Waals surface area contributed by atoms with Crippen LogP contribution in [0.15, 0.2) is 55.0 Å². The Morgan fingerprint density at radius 2 is 1.92 bits per heavy atom. The van der Waals surface area contributed by atoms with Crippen LogP contribution in [0.25, 0.3) is 11.4 Å². The SMILES string of the molecule is Cc1ccccc1CN1CCc2cnc(-c3ccncc3)nc2C1. The largest absolute Gasteiger partial charge is 0.293 e. The summed E-state index contributed by atoms with van der Waals surface area (Å²) in [6.45, 7) is 5.08. The van der Waals surface area contributed by atoms with Crippen molar-refractivity contribution in [1.29, 1.82) is 0 Å². The smallest absolute Gasteiger partial charge is 0.159 e. The maximum atomic E-state index is 4.82. The van der Waals surface area contributed by atoms with E-state index in [4.69, 9.17) is 4.98 Å². The molecule has 1 aliphatic rings. The van der Waals surface area contributed by atoms with Crippen molar-refractivity contribution in [3.8, 4) is 11.4 Å². The molecule has 0 aliphatic carbocycles. The van der Waals surface area contributed by atoms with Crippen molar-refractivity contribution in [2.45, 2.75) is 26.4 Å². The Hall–Kier alpha value is -2.59. The predicted molar refractivity (Wildman–Crippen MR) is 94.3 cm³/mol. The summed E-state index contributed by atoms with van der Waals surface area (Å²) in [4.78, 5) is 15.9. The Bertz CT molecular complexity index is 845. The molecule has 0 fully saturated rings. The molecule has 0 spiro atoms. The zero-order valence-corrected chi connectivity index (χ0v) is 13.8. The van der Waals surface area contributed by atoms with Gasteiger partial charge in [0.15, 0.2) is 5.82 Å². The number of aryl methyl sites for hydroxylation is 1. The number of fused-ring (bicyclic) bond motifs is 1. The van der Waals surface area contributed by atoms with Crippen molar-refractivity contribution in [3.05, 3.63) is 77.4 Å². The molecule has 3 heterocycles. The molecule has 3 aromatic rings. The maximum absolute atomic E-state index is 4.82. The van der Waals surface area contributed by atoms with E-state index in [0.717, 1.165) is 43.1 Å². The summed E-state index contributed by atoms with van der Waals surface area (Å²) in [5.74, 6) is 0.786. The number of benzene rings is 1. The molecule has 120 valence electrons. The fourth-order valence-corrected chi connectivity index (χ4v) is 3.16. The highest BCUT2D eigenvalue weighted by atomic mass is 15.1. The average molecular weight is 316 g/mol. The highest BCUT2D eigenvalue weighted by molar-refractivity contribution is 5.54. The van der Waals surface area contributed by atoms with Crippen molar-refractivity contribution < 1.29 is 0 Å². The first-order valence-corrected chi connectivity index (χ1v) is 8.31. The minimum Gasteiger partial charge on any atom is -0.293 e. The molecule has 0 unspecified atom stereocenters. The van der Waals surface area contributed by atoms with Gasteiger partial charge in [0.1, 0.15) is 0 Å². The lowest BCUT2D eigenvalue weighted by Crippen LogP contribution is -2.31. The Labute approximate surface area is 142 Å². The predicted octanol–water partition coefficient (Wildman–Crippen LogP) is 3.41. The molecule has 0 bridgehead atoms. The second-order valence-electron chi connectivity index (χ2n) is 6.29. The number of hydrogen-bond acceptors (Lipinski definition) is 4. The third-order valence-electron chi connectivity index (χ3n) is 4.62. The molecule has 2 aromatic heterocycles. The molecule has 0 N–H and O–H groups in total. The fourth-order valence-electron chi connectivity index (χ4n) is 3.16. The van der Waals surface area contributed by atoms with Crippen LogP contribution in [0.3, 0.4) is 0 Å². The third-order valence-corrected chi connectivity index (χ3v) is 4.62. The molecular formula is C20H20N4. The number of aromatic nitrogens is 3. The molecule has 0 atom stereocenters. The van der Waals surface area contributed by atoms with Gasteiger partial charge in [0.05, 0.1) is 5.69 Å². The van der Waals surface area contributed by atoms with Gasteiger partial charge in [-0.2, -0.15) is 0 Å². The van der Waals surface area contributed by atoms with Gasteiger partial charge in [0.2, 0.25) is 0 Å². The molecule has 0 radical (unpaired) electrons. The highest BCUT2D eigenvalue weighted by Gasteiger charge is 2.19. The molecule has 0 saturated heterocycles. The summed E-state index contributed by atoms with van der Waals surface area (Å²) in [5.41, 5.74) is 6.18. The number of hydrogen-bond donors (Lipinski definition) is 0. The Morgan fingerprint density at radius 1 is 1.08 bits per heavy atom.